The van der Waals surface area contributed by atoms with Crippen molar-refractivity contribution in [2.45, 2.75) is 63.6 Å². The summed E-state index contributed by atoms with van der Waals surface area (Å²) in [6.07, 6.45) is 0.432. The molecule has 1 N–H and O–H groups in total. The largest absolute Gasteiger partial charge is 0.350 e. The SMILES string of the molecule is CC(C(=O)NC(C)(C)C)N(Cc1ccc(Cl)cc1)C(=O)CCCN(C)S(=O)(=O)c1ccccc1. The van der Waals surface area contributed by atoms with Crippen molar-refractivity contribution in [1.29, 1.82) is 0 Å². The first-order valence-electron chi connectivity index (χ1n) is 11.2. The summed E-state index contributed by atoms with van der Waals surface area (Å²) in [6.45, 7) is 7.76. The van der Waals surface area contributed by atoms with Gasteiger partial charge in [0.1, 0.15) is 6.04 Å². The van der Waals surface area contributed by atoms with E-state index in [1.807, 2.05) is 32.9 Å². The highest BCUT2D eigenvalue weighted by Crippen LogP contribution is 2.17. The second-order valence-corrected chi connectivity index (χ2v) is 11.8. The molecule has 1 unspecified atom stereocenters. The Hall–Kier alpha value is -2.42. The molecular formula is C25H34ClN3O4S. The van der Waals surface area contributed by atoms with Crippen LogP contribution in [0, 0.1) is 0 Å². The van der Waals surface area contributed by atoms with Crippen LogP contribution in [0.25, 0.3) is 0 Å². The molecule has 0 aliphatic rings. The molecule has 0 heterocycles. The van der Waals surface area contributed by atoms with Gasteiger partial charge >= 0.3 is 0 Å². The quantitative estimate of drug-likeness (QED) is 0.525. The maximum atomic E-state index is 13.2. The van der Waals surface area contributed by atoms with Gasteiger partial charge in [-0.05, 0) is 63.9 Å². The van der Waals surface area contributed by atoms with Gasteiger partial charge in [-0.3, -0.25) is 9.59 Å². The minimum atomic E-state index is -3.63. The van der Waals surface area contributed by atoms with E-state index in [9.17, 15) is 18.0 Å². The fourth-order valence-corrected chi connectivity index (χ4v) is 4.69. The molecule has 2 aromatic carbocycles. The highest BCUT2D eigenvalue weighted by molar-refractivity contribution is 7.89. The number of benzene rings is 2. The lowest BCUT2D eigenvalue weighted by atomic mass is 10.1. The fraction of sp³-hybridized carbons (Fsp3) is 0.440. The van der Waals surface area contributed by atoms with E-state index in [1.54, 1.807) is 49.4 Å². The molecule has 0 bridgehead atoms. The molecule has 0 aliphatic heterocycles. The molecule has 0 aromatic heterocycles. The molecule has 0 radical (unpaired) electrons. The molecule has 0 saturated heterocycles. The third-order valence-corrected chi connectivity index (χ3v) is 7.37. The Morgan fingerprint density at radius 2 is 1.62 bits per heavy atom. The Labute approximate surface area is 208 Å². The first-order chi connectivity index (χ1) is 15.8. The van der Waals surface area contributed by atoms with Crippen LogP contribution in [0.1, 0.15) is 46.1 Å². The number of hydrogen-bond donors (Lipinski definition) is 1. The van der Waals surface area contributed by atoms with Crippen LogP contribution in [0.2, 0.25) is 5.02 Å². The van der Waals surface area contributed by atoms with Crippen LogP contribution < -0.4 is 5.32 Å². The van der Waals surface area contributed by atoms with Gasteiger partial charge in [0.05, 0.1) is 4.90 Å². The van der Waals surface area contributed by atoms with E-state index < -0.39 is 21.6 Å². The van der Waals surface area contributed by atoms with Crippen molar-refractivity contribution in [3.05, 3.63) is 65.2 Å². The first-order valence-corrected chi connectivity index (χ1v) is 13.0. The molecule has 0 fully saturated rings. The number of nitrogens with zero attached hydrogens (tertiary/aromatic N) is 2. The van der Waals surface area contributed by atoms with Gasteiger partial charge in [0.25, 0.3) is 0 Å². The Morgan fingerprint density at radius 3 is 2.18 bits per heavy atom. The van der Waals surface area contributed by atoms with Crippen LogP contribution in [-0.2, 0) is 26.2 Å². The number of carbonyl (C=O) groups is 2. The average molecular weight is 508 g/mol. The Bertz CT molecular complexity index is 1070. The predicted octanol–water partition coefficient (Wildman–Crippen LogP) is 4.07. The molecule has 0 spiro atoms. The highest BCUT2D eigenvalue weighted by atomic mass is 35.5. The summed E-state index contributed by atoms with van der Waals surface area (Å²) in [7, 11) is -2.13. The maximum absolute atomic E-state index is 13.2. The van der Waals surface area contributed by atoms with Crippen LogP contribution >= 0.6 is 11.6 Å². The van der Waals surface area contributed by atoms with E-state index in [2.05, 4.69) is 5.32 Å². The van der Waals surface area contributed by atoms with Gasteiger partial charge in [0.15, 0.2) is 0 Å². The smallest absolute Gasteiger partial charge is 0.242 e. The summed E-state index contributed by atoms with van der Waals surface area (Å²) in [6, 6.07) is 14.6. The van der Waals surface area contributed by atoms with Crippen LogP contribution in [0.4, 0.5) is 0 Å². The van der Waals surface area contributed by atoms with Gasteiger partial charge in [-0.2, -0.15) is 0 Å². The zero-order valence-electron chi connectivity index (χ0n) is 20.4. The molecule has 0 aliphatic carbocycles. The van der Waals surface area contributed by atoms with Crippen LogP contribution in [0.5, 0.6) is 0 Å². The van der Waals surface area contributed by atoms with Crippen molar-refractivity contribution in [2.75, 3.05) is 13.6 Å². The molecule has 2 amide bonds. The van der Waals surface area contributed by atoms with Gasteiger partial charge < -0.3 is 10.2 Å². The van der Waals surface area contributed by atoms with Crippen LogP contribution in [-0.4, -0.2) is 54.6 Å². The lowest BCUT2D eigenvalue weighted by Crippen LogP contribution is -2.52. The molecule has 7 nitrogen and oxygen atoms in total. The van der Waals surface area contributed by atoms with Crippen molar-refractivity contribution in [1.82, 2.24) is 14.5 Å². The standard InChI is InChI=1S/C25H34ClN3O4S/c1-19(24(31)27-25(2,3)4)29(18-20-13-15-21(26)16-14-20)23(30)12-9-17-28(5)34(32,33)22-10-7-6-8-11-22/h6-8,10-11,13-16,19H,9,12,17-18H2,1-5H3,(H,27,31). The lowest BCUT2D eigenvalue weighted by Gasteiger charge is -2.31. The third kappa shape index (κ3) is 8.11. The van der Waals surface area contributed by atoms with Gasteiger partial charge in [-0.15, -0.1) is 0 Å². The molecule has 2 aromatic rings. The highest BCUT2D eigenvalue weighted by Gasteiger charge is 2.28. The molecule has 0 saturated carbocycles. The van der Waals surface area contributed by atoms with Gasteiger partial charge in [0, 0.05) is 37.1 Å². The first kappa shape index (κ1) is 27.8. The van der Waals surface area contributed by atoms with E-state index in [-0.39, 0.29) is 36.2 Å². The van der Waals surface area contributed by atoms with Crippen LogP contribution in [0.15, 0.2) is 59.5 Å². The van der Waals surface area contributed by atoms with Gasteiger partial charge in [-0.25, -0.2) is 12.7 Å². The number of nitrogens with one attached hydrogen (secondary N) is 1. The second kappa shape index (κ2) is 11.8. The normalized spacial score (nSPS) is 12.9. The summed E-state index contributed by atoms with van der Waals surface area (Å²) in [5.74, 6) is -0.476. The third-order valence-electron chi connectivity index (χ3n) is 5.25. The molecule has 1 atom stereocenters. The average Bonchev–Trinajstić information content (AvgIpc) is 2.77. The summed E-state index contributed by atoms with van der Waals surface area (Å²) < 4.78 is 26.7. The minimum absolute atomic E-state index is 0.107. The van der Waals surface area contributed by atoms with E-state index in [1.165, 1.54) is 16.3 Å². The maximum Gasteiger partial charge on any atom is 0.242 e. The van der Waals surface area contributed by atoms with Crippen molar-refractivity contribution in [3.8, 4) is 0 Å². The Morgan fingerprint density at radius 1 is 1.03 bits per heavy atom. The van der Waals surface area contributed by atoms with Crippen molar-refractivity contribution in [2.24, 2.45) is 0 Å². The second-order valence-electron chi connectivity index (χ2n) is 9.31. The Balaban J connectivity index is 2.09. The van der Waals surface area contributed by atoms with Crippen molar-refractivity contribution in [3.63, 3.8) is 0 Å². The zero-order valence-corrected chi connectivity index (χ0v) is 22.0. The molecule has 34 heavy (non-hydrogen) atoms. The summed E-state index contributed by atoms with van der Waals surface area (Å²) in [5.41, 5.74) is 0.409. The van der Waals surface area contributed by atoms with Gasteiger partial charge in [-0.1, -0.05) is 41.9 Å². The zero-order chi connectivity index (χ0) is 25.5. The minimum Gasteiger partial charge on any atom is -0.350 e. The van der Waals surface area contributed by atoms with E-state index in [0.717, 1.165) is 5.56 Å². The number of amides is 2. The molecule has 9 heteroatoms. The number of rotatable bonds is 10. The van der Waals surface area contributed by atoms with Gasteiger partial charge in [0.2, 0.25) is 21.8 Å². The van der Waals surface area contributed by atoms with E-state index in [0.29, 0.717) is 11.4 Å². The summed E-state index contributed by atoms with van der Waals surface area (Å²) >= 11 is 5.98. The molecule has 186 valence electrons. The predicted molar refractivity (Wildman–Crippen MR) is 135 cm³/mol. The van der Waals surface area contributed by atoms with Crippen molar-refractivity contribution >= 4 is 33.4 Å². The topological polar surface area (TPSA) is 86.8 Å². The number of halogens is 1. The summed E-state index contributed by atoms with van der Waals surface area (Å²) in [5, 5.41) is 3.51. The number of carbonyl (C=O) groups excluding carboxylic acids is 2. The van der Waals surface area contributed by atoms with Crippen molar-refractivity contribution < 1.29 is 18.0 Å². The lowest BCUT2D eigenvalue weighted by molar-refractivity contribution is -0.141. The fourth-order valence-electron chi connectivity index (χ4n) is 3.33. The summed E-state index contributed by atoms with van der Waals surface area (Å²) in [4.78, 5) is 27.7. The van der Waals surface area contributed by atoms with Crippen LogP contribution in [0.3, 0.4) is 0 Å². The Kier molecular flexibility index (Phi) is 9.67. The molecule has 2 rings (SSSR count). The van der Waals surface area contributed by atoms with E-state index in [4.69, 9.17) is 11.6 Å². The molecular weight excluding hydrogens is 474 g/mol. The van der Waals surface area contributed by atoms with E-state index >= 15 is 0 Å². The number of hydrogen-bond acceptors (Lipinski definition) is 4. The monoisotopic (exact) mass is 507 g/mol. The number of sulfonamides is 1.